The molecule has 3 rings (SSSR count). The summed E-state index contributed by atoms with van der Waals surface area (Å²) in [6.07, 6.45) is 0.732. The van der Waals surface area contributed by atoms with E-state index in [0.717, 1.165) is 50.5 Å². The van der Waals surface area contributed by atoms with Crippen molar-refractivity contribution in [3.05, 3.63) is 63.6 Å². The molecule has 1 fully saturated rings. The van der Waals surface area contributed by atoms with E-state index in [1.807, 2.05) is 0 Å². The van der Waals surface area contributed by atoms with E-state index in [2.05, 4.69) is 5.32 Å². The Kier molecular flexibility index (Phi) is 10.2. The van der Waals surface area contributed by atoms with Gasteiger partial charge in [0.05, 0.1) is 17.5 Å². The topological polar surface area (TPSA) is 86.8 Å². The fraction of sp³-hybridized carbons (Fsp3) is 0.462. The van der Waals surface area contributed by atoms with Gasteiger partial charge in [0.2, 0.25) is 21.8 Å². The van der Waals surface area contributed by atoms with Gasteiger partial charge in [-0.25, -0.2) is 8.42 Å². The lowest BCUT2D eigenvalue weighted by molar-refractivity contribution is -0.139. The van der Waals surface area contributed by atoms with Gasteiger partial charge < -0.3 is 10.2 Å². The van der Waals surface area contributed by atoms with Gasteiger partial charge in [-0.15, -0.1) is 0 Å². The van der Waals surface area contributed by atoms with Crippen molar-refractivity contribution >= 4 is 50.7 Å². The number of rotatable bonds is 9. The molecule has 7 nitrogen and oxygen atoms in total. The van der Waals surface area contributed by atoms with E-state index in [1.54, 1.807) is 12.1 Å². The smallest absolute Gasteiger partial charge is 0.352 e. The third kappa shape index (κ3) is 8.49. The number of amides is 2. The highest BCUT2D eigenvalue weighted by Gasteiger charge is 2.34. The zero-order chi connectivity index (χ0) is 29.0. The van der Waals surface area contributed by atoms with Crippen LogP contribution in [0.15, 0.2) is 42.5 Å². The minimum absolute atomic E-state index is 0.0394. The number of sulfonamides is 1. The Morgan fingerprint density at radius 2 is 1.74 bits per heavy atom. The fourth-order valence-corrected chi connectivity index (χ4v) is 5.75. The van der Waals surface area contributed by atoms with E-state index in [0.29, 0.717) is 21.0 Å². The van der Waals surface area contributed by atoms with E-state index in [-0.39, 0.29) is 23.3 Å². The highest BCUT2D eigenvalue weighted by molar-refractivity contribution is 7.92. The zero-order valence-electron chi connectivity index (χ0n) is 21.5. The molecule has 0 bridgehead atoms. The molecule has 2 aromatic carbocycles. The number of nitrogens with one attached hydrogen (secondary N) is 1. The van der Waals surface area contributed by atoms with Gasteiger partial charge in [0, 0.05) is 22.6 Å². The molecular formula is C26H30Cl2F3N3O4S. The molecule has 0 spiro atoms. The molecule has 1 aliphatic carbocycles. The van der Waals surface area contributed by atoms with Crippen LogP contribution in [0.5, 0.6) is 0 Å². The van der Waals surface area contributed by atoms with Crippen LogP contribution < -0.4 is 9.62 Å². The molecule has 39 heavy (non-hydrogen) atoms. The molecule has 13 heteroatoms. The Morgan fingerprint density at radius 3 is 2.33 bits per heavy atom. The molecule has 0 aromatic heterocycles. The molecule has 0 heterocycles. The summed E-state index contributed by atoms with van der Waals surface area (Å²) in [6.45, 7) is 0.523. The molecule has 1 aliphatic rings. The van der Waals surface area contributed by atoms with Crippen molar-refractivity contribution in [2.24, 2.45) is 0 Å². The Hall–Kier alpha value is -2.50. The van der Waals surface area contributed by atoms with Crippen molar-refractivity contribution in [2.45, 2.75) is 63.8 Å². The minimum Gasteiger partial charge on any atom is -0.352 e. The molecule has 214 valence electrons. The summed E-state index contributed by atoms with van der Waals surface area (Å²) in [7, 11) is -4.19. The van der Waals surface area contributed by atoms with E-state index < -0.39 is 46.2 Å². The Labute approximate surface area is 236 Å². The summed E-state index contributed by atoms with van der Waals surface area (Å²) in [6, 6.07) is 7.24. The molecule has 0 saturated heterocycles. The van der Waals surface area contributed by atoms with Gasteiger partial charge in [0.25, 0.3) is 0 Å². The van der Waals surface area contributed by atoms with Crippen LogP contribution in [0.4, 0.5) is 18.9 Å². The second-order valence-corrected chi connectivity index (χ2v) is 12.3. The maximum absolute atomic E-state index is 13.6. The summed E-state index contributed by atoms with van der Waals surface area (Å²) in [4.78, 5) is 28.0. The maximum Gasteiger partial charge on any atom is 0.416 e. The number of nitrogens with zero attached hydrogens (tertiary/aromatic N) is 2. The third-order valence-electron chi connectivity index (χ3n) is 6.62. The maximum atomic E-state index is 13.6. The Balaban J connectivity index is 1.93. The minimum atomic E-state index is -4.72. The number of alkyl halides is 3. The first-order valence-electron chi connectivity index (χ1n) is 12.4. The third-order valence-corrected chi connectivity index (χ3v) is 8.34. The number of carbonyl (C=O) groups excluding carboxylic acids is 2. The molecule has 0 unspecified atom stereocenters. The molecule has 0 aliphatic heterocycles. The van der Waals surface area contributed by atoms with Gasteiger partial charge >= 0.3 is 6.18 Å². The van der Waals surface area contributed by atoms with Crippen molar-refractivity contribution in [1.82, 2.24) is 10.2 Å². The van der Waals surface area contributed by atoms with Crippen LogP contribution in [0.25, 0.3) is 0 Å². The molecule has 1 N–H and O–H groups in total. The van der Waals surface area contributed by atoms with Crippen LogP contribution in [-0.4, -0.2) is 50.0 Å². The van der Waals surface area contributed by atoms with Crippen LogP contribution in [0.2, 0.25) is 10.0 Å². The molecule has 2 aromatic rings. The van der Waals surface area contributed by atoms with Gasteiger partial charge in [-0.2, -0.15) is 13.2 Å². The van der Waals surface area contributed by atoms with Gasteiger partial charge in [-0.05, 0) is 55.7 Å². The number of anilines is 1. The van der Waals surface area contributed by atoms with E-state index >= 15 is 0 Å². The second-order valence-electron chi connectivity index (χ2n) is 9.59. The summed E-state index contributed by atoms with van der Waals surface area (Å²) in [5.41, 5.74) is -0.938. The number of hydrogen-bond donors (Lipinski definition) is 1. The quantitative estimate of drug-likeness (QED) is 0.399. The van der Waals surface area contributed by atoms with Crippen molar-refractivity contribution in [3.63, 3.8) is 0 Å². The van der Waals surface area contributed by atoms with Gasteiger partial charge in [0.15, 0.2) is 0 Å². The lowest BCUT2D eigenvalue weighted by atomic mass is 9.95. The second kappa shape index (κ2) is 12.8. The first-order chi connectivity index (χ1) is 18.2. The number of carbonyl (C=O) groups is 2. The number of hydrogen-bond acceptors (Lipinski definition) is 4. The molecule has 1 saturated carbocycles. The molecule has 1 atom stereocenters. The Bertz CT molecular complexity index is 1300. The average molecular weight is 609 g/mol. The normalized spacial score (nSPS) is 15.5. The van der Waals surface area contributed by atoms with E-state index in [1.165, 1.54) is 24.0 Å². The Morgan fingerprint density at radius 1 is 1.08 bits per heavy atom. The highest BCUT2D eigenvalue weighted by Crippen LogP contribution is 2.32. The predicted octanol–water partition coefficient (Wildman–Crippen LogP) is 5.64. The van der Waals surface area contributed by atoms with Crippen LogP contribution in [0.1, 0.15) is 50.2 Å². The van der Waals surface area contributed by atoms with Crippen molar-refractivity contribution in [3.8, 4) is 0 Å². The lowest BCUT2D eigenvalue weighted by Crippen LogP contribution is -2.53. The van der Waals surface area contributed by atoms with E-state index in [4.69, 9.17) is 23.2 Å². The monoisotopic (exact) mass is 607 g/mol. The van der Waals surface area contributed by atoms with Crippen molar-refractivity contribution < 1.29 is 31.2 Å². The fourth-order valence-electron chi connectivity index (χ4n) is 4.44. The summed E-state index contributed by atoms with van der Waals surface area (Å²) in [5, 5.41) is 3.55. The number of halogens is 5. The lowest BCUT2D eigenvalue weighted by Gasteiger charge is -2.33. The summed E-state index contributed by atoms with van der Waals surface area (Å²) < 4.78 is 65.8. The summed E-state index contributed by atoms with van der Waals surface area (Å²) >= 11 is 12.3. The first-order valence-corrected chi connectivity index (χ1v) is 15.0. The van der Waals surface area contributed by atoms with Crippen LogP contribution in [-0.2, 0) is 32.3 Å². The van der Waals surface area contributed by atoms with E-state index in [9.17, 15) is 31.2 Å². The van der Waals surface area contributed by atoms with Crippen molar-refractivity contribution in [2.75, 3.05) is 17.1 Å². The molecule has 0 radical (unpaired) electrons. The van der Waals surface area contributed by atoms with Crippen LogP contribution >= 0.6 is 23.2 Å². The number of benzene rings is 2. The largest absolute Gasteiger partial charge is 0.416 e. The standard InChI is InChI=1S/C26H30Cl2F3N3O4S/c1-17(25(36)32-21-8-4-3-5-9-21)33(15-18-11-12-20(27)14-23(18)28)24(35)16-34(39(2,37)38)22-10-6-7-19(13-22)26(29,30)31/h6-7,10-14,17,21H,3-5,8-9,15-16H2,1-2H3,(H,32,36)/t17-/m0/s1. The summed E-state index contributed by atoms with van der Waals surface area (Å²) in [5.74, 6) is -1.22. The van der Waals surface area contributed by atoms with Crippen molar-refractivity contribution in [1.29, 1.82) is 0 Å². The van der Waals surface area contributed by atoms with Crippen LogP contribution in [0.3, 0.4) is 0 Å². The predicted molar refractivity (Wildman–Crippen MR) is 145 cm³/mol. The zero-order valence-corrected chi connectivity index (χ0v) is 23.8. The first kappa shape index (κ1) is 31.0. The highest BCUT2D eigenvalue weighted by atomic mass is 35.5. The molecule has 2 amide bonds. The van der Waals surface area contributed by atoms with Gasteiger partial charge in [-0.3, -0.25) is 13.9 Å². The van der Waals surface area contributed by atoms with Crippen LogP contribution in [0, 0.1) is 0 Å². The SMILES string of the molecule is C[C@@H](C(=O)NC1CCCCC1)N(Cc1ccc(Cl)cc1Cl)C(=O)CN(c1cccc(C(F)(F)F)c1)S(C)(=O)=O. The van der Waals surface area contributed by atoms with Gasteiger partial charge in [0.1, 0.15) is 12.6 Å². The molecular weight excluding hydrogens is 578 g/mol. The average Bonchev–Trinajstić information content (AvgIpc) is 2.85. The van der Waals surface area contributed by atoms with Gasteiger partial charge in [-0.1, -0.05) is 54.6 Å².